The number of nitrogens with one attached hydrogen (secondary N) is 1. The van der Waals surface area contributed by atoms with Gasteiger partial charge in [-0.3, -0.25) is 4.79 Å². The Hall–Kier alpha value is -1.84. The van der Waals surface area contributed by atoms with Crippen LogP contribution in [0.2, 0.25) is 0 Å². The van der Waals surface area contributed by atoms with Crippen LogP contribution in [0.5, 0.6) is 0 Å². The number of carboxylic acids is 1. The van der Waals surface area contributed by atoms with Crippen molar-refractivity contribution >= 4 is 11.9 Å². The first kappa shape index (κ1) is 12.6. The van der Waals surface area contributed by atoms with Gasteiger partial charge < -0.3 is 10.4 Å². The number of hydrogen-bond donors (Lipinski definition) is 2. The van der Waals surface area contributed by atoms with Crippen LogP contribution in [-0.4, -0.2) is 23.0 Å². The predicted molar refractivity (Wildman–Crippen MR) is 67.2 cm³/mol. The Morgan fingerprint density at radius 2 is 1.94 bits per heavy atom. The summed E-state index contributed by atoms with van der Waals surface area (Å²) >= 11 is 0. The zero-order chi connectivity index (χ0) is 13.1. The number of carbonyl (C=O) groups excluding carboxylic acids is 1. The average Bonchev–Trinajstić information content (AvgIpc) is 3.14. The van der Waals surface area contributed by atoms with E-state index in [9.17, 15) is 9.59 Å². The predicted octanol–water partition coefficient (Wildman–Crippen LogP) is 1.52. The van der Waals surface area contributed by atoms with Gasteiger partial charge in [-0.25, -0.2) is 4.79 Å². The third-order valence-corrected chi connectivity index (χ3v) is 3.12. The Bertz CT molecular complexity index is 449. The molecule has 96 valence electrons. The highest BCUT2D eigenvalue weighted by Gasteiger charge is 2.32. The molecule has 0 saturated heterocycles. The second kappa shape index (κ2) is 5.21. The van der Waals surface area contributed by atoms with E-state index in [-0.39, 0.29) is 11.8 Å². The van der Waals surface area contributed by atoms with Crippen LogP contribution in [0.4, 0.5) is 0 Å². The molecule has 1 fully saturated rings. The van der Waals surface area contributed by atoms with Gasteiger partial charge in [0.25, 0.3) is 0 Å². The lowest BCUT2D eigenvalue weighted by Gasteiger charge is -2.14. The molecule has 1 aliphatic rings. The Morgan fingerprint density at radius 1 is 1.33 bits per heavy atom. The first-order valence-corrected chi connectivity index (χ1v) is 6.15. The number of carbonyl (C=O) groups is 2. The van der Waals surface area contributed by atoms with Gasteiger partial charge in [0.1, 0.15) is 6.04 Å². The maximum Gasteiger partial charge on any atom is 0.326 e. The third-order valence-electron chi connectivity index (χ3n) is 3.12. The van der Waals surface area contributed by atoms with Gasteiger partial charge in [-0.15, -0.1) is 0 Å². The highest BCUT2D eigenvalue weighted by molar-refractivity contribution is 5.86. The average molecular weight is 247 g/mol. The van der Waals surface area contributed by atoms with Crippen LogP contribution in [0.25, 0.3) is 0 Å². The van der Waals surface area contributed by atoms with E-state index in [2.05, 4.69) is 5.32 Å². The highest BCUT2D eigenvalue weighted by Crippen LogP contribution is 2.29. The summed E-state index contributed by atoms with van der Waals surface area (Å²) < 4.78 is 0. The topological polar surface area (TPSA) is 66.4 Å². The summed E-state index contributed by atoms with van der Waals surface area (Å²) in [6, 6.07) is 6.85. The van der Waals surface area contributed by atoms with Crippen LogP contribution in [0.1, 0.15) is 24.0 Å². The fraction of sp³-hybridized carbons (Fsp3) is 0.429. The summed E-state index contributed by atoms with van der Waals surface area (Å²) in [7, 11) is 0. The Kier molecular flexibility index (Phi) is 3.65. The smallest absolute Gasteiger partial charge is 0.326 e. The van der Waals surface area contributed by atoms with Crippen LogP contribution < -0.4 is 5.32 Å². The van der Waals surface area contributed by atoms with Gasteiger partial charge in [-0.1, -0.05) is 29.8 Å². The molecule has 4 heteroatoms. The molecule has 0 radical (unpaired) electrons. The second-order valence-corrected chi connectivity index (χ2v) is 4.86. The van der Waals surface area contributed by atoms with E-state index in [0.29, 0.717) is 6.42 Å². The third kappa shape index (κ3) is 3.32. The van der Waals surface area contributed by atoms with Gasteiger partial charge in [0.2, 0.25) is 5.91 Å². The molecule has 18 heavy (non-hydrogen) atoms. The van der Waals surface area contributed by atoms with Crippen LogP contribution in [0, 0.1) is 12.8 Å². The fourth-order valence-electron chi connectivity index (χ4n) is 1.80. The monoisotopic (exact) mass is 247 g/mol. The van der Waals surface area contributed by atoms with Gasteiger partial charge >= 0.3 is 5.97 Å². The molecule has 1 atom stereocenters. The molecule has 0 heterocycles. The maximum absolute atomic E-state index is 11.6. The zero-order valence-electron chi connectivity index (χ0n) is 10.3. The lowest BCUT2D eigenvalue weighted by molar-refractivity contribution is -0.142. The molecule has 1 aromatic carbocycles. The normalized spacial score (nSPS) is 16.1. The molecular weight excluding hydrogens is 230 g/mol. The minimum atomic E-state index is -0.982. The van der Waals surface area contributed by atoms with Gasteiger partial charge in [0, 0.05) is 12.3 Å². The van der Waals surface area contributed by atoms with E-state index >= 15 is 0 Å². The number of amides is 1. The van der Waals surface area contributed by atoms with Crippen LogP contribution >= 0.6 is 0 Å². The molecular formula is C14H17NO3. The van der Waals surface area contributed by atoms with Gasteiger partial charge in [0.15, 0.2) is 0 Å². The molecule has 0 aliphatic heterocycles. The minimum Gasteiger partial charge on any atom is -0.480 e. The molecule has 0 bridgehead atoms. The van der Waals surface area contributed by atoms with Crippen molar-refractivity contribution in [3.8, 4) is 0 Å². The van der Waals surface area contributed by atoms with Crippen molar-refractivity contribution in [2.45, 2.75) is 32.2 Å². The van der Waals surface area contributed by atoms with Gasteiger partial charge in [0.05, 0.1) is 0 Å². The summed E-state index contributed by atoms with van der Waals surface area (Å²) in [5.41, 5.74) is 2.05. The highest BCUT2D eigenvalue weighted by atomic mass is 16.4. The van der Waals surface area contributed by atoms with Crippen LogP contribution in [0.15, 0.2) is 24.3 Å². The van der Waals surface area contributed by atoms with Gasteiger partial charge in [-0.2, -0.15) is 0 Å². The summed E-state index contributed by atoms with van der Waals surface area (Å²) in [6.07, 6.45) is 2.08. The SMILES string of the molecule is Cc1ccc(C[C@@H](NC(=O)C2CC2)C(=O)O)cc1. The van der Waals surface area contributed by atoms with Crippen molar-refractivity contribution in [1.82, 2.24) is 5.32 Å². The molecule has 0 spiro atoms. The van der Waals surface area contributed by atoms with E-state index in [4.69, 9.17) is 5.11 Å². The number of hydrogen-bond acceptors (Lipinski definition) is 2. The quantitative estimate of drug-likeness (QED) is 0.829. The van der Waals surface area contributed by atoms with Crippen molar-refractivity contribution in [1.29, 1.82) is 0 Å². The number of benzene rings is 1. The van der Waals surface area contributed by atoms with E-state index in [0.717, 1.165) is 24.0 Å². The van der Waals surface area contributed by atoms with Crippen LogP contribution in [0.3, 0.4) is 0 Å². The Labute approximate surface area is 106 Å². The van der Waals surface area contributed by atoms with Crippen molar-refractivity contribution in [2.24, 2.45) is 5.92 Å². The first-order chi connectivity index (χ1) is 8.56. The van der Waals surface area contributed by atoms with Crippen molar-refractivity contribution in [3.05, 3.63) is 35.4 Å². The standard InChI is InChI=1S/C14H17NO3/c1-9-2-4-10(5-3-9)8-12(14(17)18)15-13(16)11-6-7-11/h2-5,11-12H,6-8H2,1H3,(H,15,16)(H,17,18)/t12-/m1/s1. The molecule has 1 aromatic rings. The Morgan fingerprint density at radius 3 is 2.44 bits per heavy atom. The van der Waals surface area contributed by atoms with E-state index in [1.807, 2.05) is 31.2 Å². The lowest BCUT2D eigenvalue weighted by Crippen LogP contribution is -2.43. The van der Waals surface area contributed by atoms with Crippen molar-refractivity contribution in [2.75, 3.05) is 0 Å². The van der Waals surface area contributed by atoms with Gasteiger partial charge in [-0.05, 0) is 25.3 Å². The summed E-state index contributed by atoms with van der Waals surface area (Å²) in [5, 5.41) is 11.7. The molecule has 2 rings (SSSR count). The summed E-state index contributed by atoms with van der Waals surface area (Å²) in [5.74, 6) is -1.08. The number of rotatable bonds is 5. The van der Waals surface area contributed by atoms with Crippen LogP contribution in [-0.2, 0) is 16.0 Å². The van der Waals surface area contributed by atoms with Crippen molar-refractivity contribution in [3.63, 3.8) is 0 Å². The number of carboxylic acid groups (broad SMARTS) is 1. The molecule has 4 nitrogen and oxygen atoms in total. The molecule has 2 N–H and O–H groups in total. The zero-order valence-corrected chi connectivity index (χ0v) is 10.3. The first-order valence-electron chi connectivity index (χ1n) is 6.15. The summed E-state index contributed by atoms with van der Waals surface area (Å²) in [4.78, 5) is 22.7. The van der Waals surface area contributed by atoms with E-state index in [1.165, 1.54) is 0 Å². The van der Waals surface area contributed by atoms with Crippen molar-refractivity contribution < 1.29 is 14.7 Å². The second-order valence-electron chi connectivity index (χ2n) is 4.86. The lowest BCUT2D eigenvalue weighted by atomic mass is 10.0. The molecule has 0 unspecified atom stereocenters. The molecule has 1 saturated carbocycles. The number of aliphatic carboxylic acids is 1. The van der Waals surface area contributed by atoms with E-state index < -0.39 is 12.0 Å². The fourth-order valence-corrected chi connectivity index (χ4v) is 1.80. The maximum atomic E-state index is 11.6. The molecule has 1 amide bonds. The Balaban J connectivity index is 1.99. The minimum absolute atomic E-state index is 0.0323. The summed E-state index contributed by atoms with van der Waals surface area (Å²) in [6.45, 7) is 1.98. The largest absolute Gasteiger partial charge is 0.480 e. The van der Waals surface area contributed by atoms with E-state index in [1.54, 1.807) is 0 Å². The molecule has 0 aromatic heterocycles. The molecule has 1 aliphatic carbocycles. The number of aryl methyl sites for hydroxylation is 1.